The lowest BCUT2D eigenvalue weighted by Crippen LogP contribution is -1.92. The van der Waals surface area contributed by atoms with Gasteiger partial charge in [0, 0.05) is 10.9 Å². The van der Waals surface area contributed by atoms with Crippen molar-refractivity contribution in [2.45, 2.75) is 12.5 Å². The van der Waals surface area contributed by atoms with E-state index in [1.165, 1.54) is 5.56 Å². The van der Waals surface area contributed by atoms with Crippen LogP contribution in [-0.4, -0.2) is 12.7 Å². The lowest BCUT2D eigenvalue weighted by Gasteiger charge is -2.00. The molecule has 1 heterocycles. The Hall–Kier alpha value is -0.0500. The quantitative estimate of drug-likeness (QED) is 0.732. The molecule has 64 valence electrons. The second kappa shape index (κ2) is 3.36. The molecule has 1 aromatic rings. The molecule has 3 heteroatoms. The van der Waals surface area contributed by atoms with Gasteiger partial charge in [0.05, 0.1) is 17.7 Å². The highest BCUT2D eigenvalue weighted by Crippen LogP contribution is 2.25. The van der Waals surface area contributed by atoms with Crippen molar-refractivity contribution in [2.75, 3.05) is 6.61 Å². The maximum absolute atomic E-state index is 5.93. The molecule has 0 spiro atoms. The number of halogens is 2. The minimum absolute atomic E-state index is 0.433. The summed E-state index contributed by atoms with van der Waals surface area (Å²) in [4.78, 5) is 0. The van der Waals surface area contributed by atoms with Crippen molar-refractivity contribution >= 4 is 27.5 Å². The summed E-state index contributed by atoms with van der Waals surface area (Å²) in [7, 11) is 0. The van der Waals surface area contributed by atoms with Crippen molar-refractivity contribution in [3.63, 3.8) is 0 Å². The van der Waals surface area contributed by atoms with Gasteiger partial charge in [-0.05, 0) is 33.6 Å². The third kappa shape index (κ3) is 2.00. The van der Waals surface area contributed by atoms with Crippen LogP contribution in [0.3, 0.4) is 0 Å². The standard InChI is InChI=1S/C9H8BrClO/c10-8-2-1-6(4-9(8)11)3-7-5-12-7/h1-2,4,7H,3,5H2. The number of epoxide rings is 1. The summed E-state index contributed by atoms with van der Waals surface area (Å²) >= 11 is 9.28. The Balaban J connectivity index is 2.15. The van der Waals surface area contributed by atoms with Crippen LogP contribution in [0, 0.1) is 0 Å². The number of hydrogen-bond donors (Lipinski definition) is 0. The molecule has 1 unspecified atom stereocenters. The van der Waals surface area contributed by atoms with Gasteiger partial charge in [-0.3, -0.25) is 0 Å². The summed E-state index contributed by atoms with van der Waals surface area (Å²) in [6, 6.07) is 6.02. The smallest absolute Gasteiger partial charge is 0.0850 e. The Morgan fingerprint density at radius 1 is 1.58 bits per heavy atom. The zero-order valence-corrected chi connectivity index (χ0v) is 8.73. The van der Waals surface area contributed by atoms with Gasteiger partial charge in [0.2, 0.25) is 0 Å². The maximum Gasteiger partial charge on any atom is 0.0850 e. The topological polar surface area (TPSA) is 12.5 Å². The van der Waals surface area contributed by atoms with Crippen LogP contribution < -0.4 is 0 Å². The lowest BCUT2D eigenvalue weighted by atomic mass is 10.1. The van der Waals surface area contributed by atoms with E-state index in [0.717, 1.165) is 22.5 Å². The fourth-order valence-electron chi connectivity index (χ4n) is 1.12. The lowest BCUT2D eigenvalue weighted by molar-refractivity contribution is 0.407. The molecule has 1 atom stereocenters. The fraction of sp³-hybridized carbons (Fsp3) is 0.333. The molecule has 1 saturated heterocycles. The molecule has 0 saturated carbocycles. The van der Waals surface area contributed by atoms with Crippen LogP contribution in [-0.2, 0) is 11.2 Å². The normalized spacial score (nSPS) is 21.0. The average Bonchev–Trinajstić information content (AvgIpc) is 2.81. The van der Waals surface area contributed by atoms with Crippen LogP contribution in [0.1, 0.15) is 5.56 Å². The van der Waals surface area contributed by atoms with Crippen LogP contribution >= 0.6 is 27.5 Å². The van der Waals surface area contributed by atoms with Gasteiger partial charge in [-0.2, -0.15) is 0 Å². The zero-order valence-electron chi connectivity index (χ0n) is 6.39. The highest BCUT2D eigenvalue weighted by molar-refractivity contribution is 9.10. The molecule has 0 N–H and O–H groups in total. The van der Waals surface area contributed by atoms with Gasteiger partial charge in [0.1, 0.15) is 0 Å². The molecule has 1 aromatic carbocycles. The van der Waals surface area contributed by atoms with E-state index in [9.17, 15) is 0 Å². The van der Waals surface area contributed by atoms with E-state index >= 15 is 0 Å². The van der Waals surface area contributed by atoms with Crippen molar-refractivity contribution in [1.29, 1.82) is 0 Å². The van der Waals surface area contributed by atoms with Crippen LogP contribution in [0.2, 0.25) is 5.02 Å². The molecular weight excluding hydrogens is 239 g/mol. The summed E-state index contributed by atoms with van der Waals surface area (Å²) in [5.41, 5.74) is 1.24. The van der Waals surface area contributed by atoms with Gasteiger partial charge in [0.15, 0.2) is 0 Å². The van der Waals surface area contributed by atoms with Crippen molar-refractivity contribution < 1.29 is 4.74 Å². The van der Waals surface area contributed by atoms with Gasteiger partial charge in [-0.1, -0.05) is 17.7 Å². The minimum atomic E-state index is 0.433. The third-order valence-corrected chi connectivity index (χ3v) is 3.08. The first kappa shape index (κ1) is 8.54. The first-order chi connectivity index (χ1) is 5.75. The molecule has 0 bridgehead atoms. The van der Waals surface area contributed by atoms with E-state index < -0.39 is 0 Å². The highest BCUT2D eigenvalue weighted by Gasteiger charge is 2.22. The molecular formula is C9H8BrClO. The minimum Gasteiger partial charge on any atom is -0.373 e. The first-order valence-corrected chi connectivity index (χ1v) is 4.98. The molecule has 0 aromatic heterocycles. The SMILES string of the molecule is Clc1cc(CC2CO2)ccc1Br. The Bertz CT molecular complexity index is 297. The van der Waals surface area contributed by atoms with Crippen molar-refractivity contribution in [3.8, 4) is 0 Å². The Morgan fingerprint density at radius 3 is 2.92 bits per heavy atom. The van der Waals surface area contributed by atoms with E-state index in [1.54, 1.807) is 0 Å². The monoisotopic (exact) mass is 246 g/mol. The molecule has 1 aliphatic heterocycles. The first-order valence-electron chi connectivity index (χ1n) is 3.81. The summed E-state index contributed by atoms with van der Waals surface area (Å²) < 4.78 is 6.08. The number of hydrogen-bond acceptors (Lipinski definition) is 1. The van der Waals surface area contributed by atoms with E-state index in [2.05, 4.69) is 22.0 Å². The summed E-state index contributed by atoms with van der Waals surface area (Å²) in [6.45, 7) is 0.897. The molecule has 1 fully saturated rings. The summed E-state index contributed by atoms with van der Waals surface area (Å²) in [5.74, 6) is 0. The fourth-order valence-corrected chi connectivity index (χ4v) is 1.57. The van der Waals surface area contributed by atoms with Crippen molar-refractivity contribution in [2.24, 2.45) is 0 Å². The largest absolute Gasteiger partial charge is 0.373 e. The highest BCUT2D eigenvalue weighted by atomic mass is 79.9. The molecule has 1 nitrogen and oxygen atoms in total. The van der Waals surface area contributed by atoms with Gasteiger partial charge in [-0.25, -0.2) is 0 Å². The summed E-state index contributed by atoms with van der Waals surface area (Å²) in [5, 5.41) is 0.771. The molecule has 12 heavy (non-hydrogen) atoms. The number of ether oxygens (including phenoxy) is 1. The molecule has 0 amide bonds. The molecule has 0 aliphatic carbocycles. The number of rotatable bonds is 2. The molecule has 0 radical (unpaired) electrons. The molecule has 1 aliphatic rings. The van der Waals surface area contributed by atoms with Crippen LogP contribution in [0.5, 0.6) is 0 Å². The van der Waals surface area contributed by atoms with E-state index in [0.29, 0.717) is 6.10 Å². The van der Waals surface area contributed by atoms with Crippen LogP contribution in [0.4, 0.5) is 0 Å². The van der Waals surface area contributed by atoms with E-state index in [-0.39, 0.29) is 0 Å². The maximum atomic E-state index is 5.93. The third-order valence-electron chi connectivity index (χ3n) is 1.85. The van der Waals surface area contributed by atoms with Gasteiger partial charge in [0.25, 0.3) is 0 Å². The van der Waals surface area contributed by atoms with Crippen LogP contribution in [0.25, 0.3) is 0 Å². The Morgan fingerprint density at radius 2 is 2.33 bits per heavy atom. The molecule has 2 rings (SSSR count). The van der Waals surface area contributed by atoms with Gasteiger partial charge < -0.3 is 4.74 Å². The summed E-state index contributed by atoms with van der Waals surface area (Å²) in [6.07, 6.45) is 1.41. The van der Waals surface area contributed by atoms with Gasteiger partial charge in [-0.15, -0.1) is 0 Å². The number of benzene rings is 1. The van der Waals surface area contributed by atoms with E-state index in [1.807, 2.05) is 12.1 Å². The Labute approximate surface area is 84.8 Å². The Kier molecular flexibility index (Phi) is 2.40. The second-order valence-corrected chi connectivity index (χ2v) is 4.17. The van der Waals surface area contributed by atoms with Crippen molar-refractivity contribution in [1.82, 2.24) is 0 Å². The predicted octanol–water partition coefficient (Wildman–Crippen LogP) is 3.04. The van der Waals surface area contributed by atoms with E-state index in [4.69, 9.17) is 16.3 Å². The average molecular weight is 248 g/mol. The van der Waals surface area contributed by atoms with Crippen molar-refractivity contribution in [3.05, 3.63) is 33.3 Å². The van der Waals surface area contributed by atoms with Crippen LogP contribution in [0.15, 0.2) is 22.7 Å². The van der Waals surface area contributed by atoms with Gasteiger partial charge >= 0.3 is 0 Å². The predicted molar refractivity (Wildman–Crippen MR) is 52.6 cm³/mol. The zero-order chi connectivity index (χ0) is 8.55. The second-order valence-electron chi connectivity index (χ2n) is 2.91.